The van der Waals surface area contributed by atoms with Gasteiger partial charge >= 0.3 is 0 Å². The van der Waals surface area contributed by atoms with E-state index in [1.54, 1.807) is 37.3 Å². The van der Waals surface area contributed by atoms with Crippen LogP contribution in [-0.2, 0) is 10.0 Å². The molecule has 0 spiro atoms. The van der Waals surface area contributed by atoms with Crippen LogP contribution in [-0.4, -0.2) is 15.2 Å². The quantitative estimate of drug-likeness (QED) is 0.337. The molecule has 0 saturated carbocycles. The summed E-state index contributed by atoms with van der Waals surface area (Å²) in [4.78, 5) is 0.221. The largest absolute Gasteiger partial charge is 0.454 e. The van der Waals surface area contributed by atoms with E-state index in [1.165, 1.54) is 0 Å². The smallest absolute Gasteiger partial charge is 0.261 e. The average molecular weight is 574 g/mol. The molecule has 3 aliphatic rings. The standard InChI is InChI=1S/C26H22BrClN2O4S/c1-14-21(28)6-3-7-22(14)30-35(31,32)15-8-9-23-18(10-15)16-4-2-5-17(16)26(29-23)19-11-24-25(12-20(19)27)34-13-33-24/h2-4,6-12,16-17,26,29-30H,5,13H2,1H3/t16-,17+,26-/m0/s1. The van der Waals surface area contributed by atoms with E-state index in [0.717, 1.165) is 39.2 Å². The Morgan fingerprint density at radius 2 is 1.89 bits per heavy atom. The third-order valence-corrected chi connectivity index (χ3v) is 9.44. The van der Waals surface area contributed by atoms with Crippen molar-refractivity contribution in [2.75, 3.05) is 16.8 Å². The van der Waals surface area contributed by atoms with Crippen molar-refractivity contribution < 1.29 is 17.9 Å². The fraction of sp³-hybridized carbons (Fsp3) is 0.231. The number of rotatable bonds is 4. The van der Waals surface area contributed by atoms with Crippen molar-refractivity contribution in [2.45, 2.75) is 30.2 Å². The molecule has 180 valence electrons. The summed E-state index contributed by atoms with van der Waals surface area (Å²) in [5.74, 6) is 1.80. The first-order valence-electron chi connectivity index (χ1n) is 11.3. The molecular formula is C26H22BrClN2O4S. The second-order valence-electron chi connectivity index (χ2n) is 8.97. The Labute approximate surface area is 217 Å². The SMILES string of the molecule is Cc1c(Cl)cccc1NS(=O)(=O)c1ccc2c(c1)[C@H]1C=CC[C@H]1[C@@H](c1cc3c(cc1Br)OCO3)N2. The number of anilines is 2. The predicted octanol–water partition coefficient (Wildman–Crippen LogP) is 6.77. The molecule has 3 atom stereocenters. The van der Waals surface area contributed by atoms with Crippen LogP contribution in [0.15, 0.2) is 70.1 Å². The Kier molecular flexibility index (Phi) is 5.51. The van der Waals surface area contributed by atoms with E-state index in [2.05, 4.69) is 38.1 Å². The monoisotopic (exact) mass is 572 g/mol. The topological polar surface area (TPSA) is 76.7 Å². The summed E-state index contributed by atoms with van der Waals surface area (Å²) in [7, 11) is -3.79. The van der Waals surface area contributed by atoms with Crippen LogP contribution in [0.5, 0.6) is 11.5 Å². The third-order valence-electron chi connectivity index (χ3n) is 6.98. The van der Waals surface area contributed by atoms with E-state index in [1.807, 2.05) is 18.2 Å². The third kappa shape index (κ3) is 3.88. The van der Waals surface area contributed by atoms with E-state index < -0.39 is 10.0 Å². The van der Waals surface area contributed by atoms with E-state index in [-0.39, 0.29) is 29.6 Å². The number of nitrogens with one attached hydrogen (secondary N) is 2. The normalized spacial score (nSPS) is 21.9. The first kappa shape index (κ1) is 22.8. The minimum absolute atomic E-state index is 0.0288. The highest BCUT2D eigenvalue weighted by atomic mass is 79.9. The van der Waals surface area contributed by atoms with Gasteiger partial charge in [-0.05, 0) is 78.4 Å². The zero-order valence-electron chi connectivity index (χ0n) is 18.7. The summed E-state index contributed by atoms with van der Waals surface area (Å²) in [5.41, 5.74) is 4.15. The molecule has 0 fully saturated rings. The van der Waals surface area contributed by atoms with Crippen molar-refractivity contribution in [3.8, 4) is 11.5 Å². The van der Waals surface area contributed by atoms with Gasteiger partial charge in [0, 0.05) is 21.1 Å². The van der Waals surface area contributed by atoms with Crippen LogP contribution >= 0.6 is 27.5 Å². The van der Waals surface area contributed by atoms with Crippen molar-refractivity contribution >= 4 is 48.9 Å². The number of fused-ring (bicyclic) bond motifs is 4. The van der Waals surface area contributed by atoms with Crippen LogP contribution in [0.1, 0.15) is 35.1 Å². The van der Waals surface area contributed by atoms with Gasteiger partial charge in [-0.3, -0.25) is 4.72 Å². The molecule has 3 aromatic carbocycles. The molecule has 35 heavy (non-hydrogen) atoms. The van der Waals surface area contributed by atoms with Crippen molar-refractivity contribution in [1.29, 1.82) is 0 Å². The van der Waals surface area contributed by atoms with Gasteiger partial charge < -0.3 is 14.8 Å². The van der Waals surface area contributed by atoms with Crippen LogP contribution in [0.25, 0.3) is 0 Å². The number of ether oxygens (including phenoxy) is 2. The first-order chi connectivity index (χ1) is 16.8. The molecule has 6 rings (SSSR count). The van der Waals surface area contributed by atoms with Gasteiger partial charge in [0.2, 0.25) is 6.79 Å². The van der Waals surface area contributed by atoms with Gasteiger partial charge in [0.1, 0.15) is 0 Å². The maximum atomic E-state index is 13.3. The number of hydrogen-bond donors (Lipinski definition) is 2. The predicted molar refractivity (Wildman–Crippen MR) is 140 cm³/mol. The first-order valence-corrected chi connectivity index (χ1v) is 13.9. The second-order valence-corrected chi connectivity index (χ2v) is 11.9. The minimum Gasteiger partial charge on any atom is -0.454 e. The summed E-state index contributed by atoms with van der Waals surface area (Å²) in [6, 6.07) is 14.5. The van der Waals surface area contributed by atoms with Crippen LogP contribution < -0.4 is 19.5 Å². The Balaban J connectivity index is 1.36. The van der Waals surface area contributed by atoms with E-state index in [0.29, 0.717) is 16.3 Å². The van der Waals surface area contributed by atoms with Gasteiger partial charge in [-0.25, -0.2) is 8.42 Å². The lowest BCUT2D eigenvalue weighted by Gasteiger charge is -2.38. The van der Waals surface area contributed by atoms with Gasteiger partial charge in [-0.15, -0.1) is 0 Å². The molecule has 0 unspecified atom stereocenters. The minimum atomic E-state index is -3.79. The van der Waals surface area contributed by atoms with E-state index in [4.69, 9.17) is 21.1 Å². The molecule has 9 heteroatoms. The van der Waals surface area contributed by atoms with Crippen LogP contribution in [0.4, 0.5) is 11.4 Å². The highest BCUT2D eigenvalue weighted by molar-refractivity contribution is 9.10. The molecule has 0 radical (unpaired) electrons. The second kappa shape index (κ2) is 8.47. The molecule has 2 N–H and O–H groups in total. The fourth-order valence-electron chi connectivity index (χ4n) is 5.14. The highest BCUT2D eigenvalue weighted by Crippen LogP contribution is 2.52. The van der Waals surface area contributed by atoms with Gasteiger partial charge in [0.15, 0.2) is 11.5 Å². The zero-order chi connectivity index (χ0) is 24.3. The molecule has 3 aromatic rings. The van der Waals surface area contributed by atoms with Crippen LogP contribution in [0.3, 0.4) is 0 Å². The molecule has 2 aliphatic heterocycles. The summed E-state index contributed by atoms with van der Waals surface area (Å²) in [6.45, 7) is 2.01. The Hall–Kier alpha value is -2.68. The fourth-order valence-corrected chi connectivity index (χ4v) is 7.04. The molecule has 2 heterocycles. The lowest BCUT2D eigenvalue weighted by molar-refractivity contribution is 0.174. The van der Waals surface area contributed by atoms with Gasteiger partial charge in [0.25, 0.3) is 10.0 Å². The molecule has 0 saturated heterocycles. The Morgan fingerprint density at radius 1 is 1.09 bits per heavy atom. The Bertz CT molecular complexity index is 1490. The number of benzene rings is 3. The molecule has 0 bridgehead atoms. The average Bonchev–Trinajstić information content (AvgIpc) is 3.50. The maximum Gasteiger partial charge on any atom is 0.261 e. The van der Waals surface area contributed by atoms with E-state index in [9.17, 15) is 8.42 Å². The number of halogens is 2. The maximum absolute atomic E-state index is 13.3. The number of sulfonamides is 1. The van der Waals surface area contributed by atoms with Crippen molar-refractivity contribution in [3.63, 3.8) is 0 Å². The zero-order valence-corrected chi connectivity index (χ0v) is 21.9. The summed E-state index contributed by atoms with van der Waals surface area (Å²) < 4.78 is 41.3. The van der Waals surface area contributed by atoms with Gasteiger partial charge in [-0.2, -0.15) is 0 Å². The number of hydrogen-bond acceptors (Lipinski definition) is 5. The summed E-state index contributed by atoms with van der Waals surface area (Å²) >= 11 is 9.89. The van der Waals surface area contributed by atoms with Crippen LogP contribution in [0.2, 0.25) is 5.02 Å². The lowest BCUT2D eigenvalue weighted by atomic mass is 9.77. The highest BCUT2D eigenvalue weighted by Gasteiger charge is 2.39. The van der Waals surface area contributed by atoms with Crippen LogP contribution in [0, 0.1) is 12.8 Å². The molecule has 6 nitrogen and oxygen atoms in total. The van der Waals surface area contributed by atoms with Crippen molar-refractivity contribution in [3.05, 3.63) is 86.9 Å². The molecular weight excluding hydrogens is 552 g/mol. The molecule has 0 aromatic heterocycles. The summed E-state index contributed by atoms with van der Waals surface area (Å²) in [6.07, 6.45) is 5.25. The number of allylic oxidation sites excluding steroid dienone is 2. The lowest BCUT2D eigenvalue weighted by Crippen LogP contribution is -2.29. The summed E-state index contributed by atoms with van der Waals surface area (Å²) in [5, 5.41) is 4.18. The Morgan fingerprint density at radius 3 is 2.71 bits per heavy atom. The van der Waals surface area contributed by atoms with Crippen molar-refractivity contribution in [1.82, 2.24) is 0 Å². The molecule has 0 amide bonds. The van der Waals surface area contributed by atoms with Gasteiger partial charge in [-0.1, -0.05) is 45.7 Å². The van der Waals surface area contributed by atoms with Crippen molar-refractivity contribution in [2.24, 2.45) is 5.92 Å². The van der Waals surface area contributed by atoms with E-state index >= 15 is 0 Å². The molecule has 1 aliphatic carbocycles. The van der Waals surface area contributed by atoms with Gasteiger partial charge in [0.05, 0.1) is 16.6 Å².